The number of piperazine rings is 1. The molecule has 0 spiro atoms. The van der Waals surface area contributed by atoms with Crippen molar-refractivity contribution in [2.75, 3.05) is 32.7 Å². The first kappa shape index (κ1) is 25.2. The summed E-state index contributed by atoms with van der Waals surface area (Å²) in [6.07, 6.45) is 5.90. The van der Waals surface area contributed by atoms with Gasteiger partial charge in [0.1, 0.15) is 6.10 Å². The number of fused-ring (bicyclic) bond motifs is 2. The van der Waals surface area contributed by atoms with E-state index in [4.69, 9.17) is 16.3 Å². The van der Waals surface area contributed by atoms with E-state index >= 15 is 0 Å². The quantitative estimate of drug-likeness (QED) is 0.334. The third-order valence-corrected chi connectivity index (χ3v) is 9.96. The van der Waals surface area contributed by atoms with Gasteiger partial charge in [0.25, 0.3) is 0 Å². The maximum atomic E-state index is 13.1. The number of esters is 1. The van der Waals surface area contributed by atoms with Crippen LogP contribution in [0.1, 0.15) is 63.1 Å². The molecule has 4 aliphatic rings. The predicted octanol–water partition coefficient (Wildman–Crippen LogP) is 6.51. The molecule has 2 aromatic carbocycles. The van der Waals surface area contributed by atoms with E-state index in [2.05, 4.69) is 66.1 Å². The number of nitrogens with zero attached hydrogens (tertiary/aromatic N) is 2. The van der Waals surface area contributed by atoms with Gasteiger partial charge in [0.2, 0.25) is 0 Å². The summed E-state index contributed by atoms with van der Waals surface area (Å²) in [6.45, 7) is 9.44. The van der Waals surface area contributed by atoms with E-state index in [1.54, 1.807) is 11.1 Å². The predicted molar refractivity (Wildman–Crippen MR) is 149 cm³/mol. The highest BCUT2D eigenvalue weighted by molar-refractivity contribution is 6.30. The Kier molecular flexibility index (Phi) is 6.94. The summed E-state index contributed by atoms with van der Waals surface area (Å²) in [5, 5.41) is 0.768. The molecule has 2 aliphatic heterocycles. The van der Waals surface area contributed by atoms with Crippen LogP contribution in [0.15, 0.2) is 65.7 Å². The average Bonchev–Trinajstić information content (AvgIpc) is 3.19. The Morgan fingerprint density at radius 3 is 2.46 bits per heavy atom. The van der Waals surface area contributed by atoms with Gasteiger partial charge >= 0.3 is 5.97 Å². The second-order valence-corrected chi connectivity index (χ2v) is 12.5. The monoisotopic (exact) mass is 518 g/mol. The lowest BCUT2D eigenvalue weighted by molar-refractivity contribution is -0.145. The van der Waals surface area contributed by atoms with Crippen molar-refractivity contribution in [1.82, 2.24) is 9.80 Å². The van der Waals surface area contributed by atoms with E-state index in [1.165, 1.54) is 30.4 Å². The third kappa shape index (κ3) is 4.89. The summed E-state index contributed by atoms with van der Waals surface area (Å²) in [5.74, 6) is 0.388. The molecular weight excluding hydrogens is 480 g/mol. The molecule has 6 rings (SSSR count). The molecule has 0 aromatic heterocycles. The lowest BCUT2D eigenvalue weighted by Crippen LogP contribution is -2.50. The van der Waals surface area contributed by atoms with Gasteiger partial charge in [-0.1, -0.05) is 72.1 Å². The molecule has 4 nitrogen and oxygen atoms in total. The number of hydrogen-bond donors (Lipinski definition) is 0. The van der Waals surface area contributed by atoms with Gasteiger partial charge in [-0.3, -0.25) is 14.6 Å². The number of carbonyl (C=O) groups is 1. The van der Waals surface area contributed by atoms with Crippen LogP contribution in [0.3, 0.4) is 0 Å². The zero-order chi connectivity index (χ0) is 25.6. The van der Waals surface area contributed by atoms with Gasteiger partial charge in [0.05, 0.1) is 12.0 Å². The van der Waals surface area contributed by atoms with Crippen molar-refractivity contribution in [3.8, 4) is 0 Å². The van der Waals surface area contributed by atoms with E-state index in [1.807, 2.05) is 12.1 Å². The Morgan fingerprint density at radius 1 is 1.03 bits per heavy atom. The second kappa shape index (κ2) is 10.2. The average molecular weight is 519 g/mol. The van der Waals surface area contributed by atoms with Crippen molar-refractivity contribution in [3.63, 3.8) is 0 Å². The van der Waals surface area contributed by atoms with Crippen LogP contribution in [0.2, 0.25) is 5.02 Å². The Balaban J connectivity index is 1.14. The molecule has 0 unspecified atom stereocenters. The van der Waals surface area contributed by atoms with Crippen molar-refractivity contribution in [3.05, 3.63) is 81.9 Å². The first-order valence-electron chi connectivity index (χ1n) is 14.1. The Bertz CT molecular complexity index is 1160. The van der Waals surface area contributed by atoms with Gasteiger partial charge in [-0.2, -0.15) is 0 Å². The number of rotatable bonds is 5. The molecule has 0 bridgehead atoms. The first-order chi connectivity index (χ1) is 17.9. The van der Waals surface area contributed by atoms with Gasteiger partial charge in [-0.05, 0) is 67.7 Å². The molecule has 37 heavy (non-hydrogen) atoms. The van der Waals surface area contributed by atoms with Gasteiger partial charge in [-0.25, -0.2) is 0 Å². The van der Waals surface area contributed by atoms with Crippen LogP contribution in [0.4, 0.5) is 0 Å². The van der Waals surface area contributed by atoms with Crippen molar-refractivity contribution >= 4 is 17.6 Å². The fraction of sp³-hybridized carbons (Fsp3) is 0.531. The molecule has 2 aliphatic carbocycles. The Labute approximate surface area is 226 Å². The summed E-state index contributed by atoms with van der Waals surface area (Å²) in [4.78, 5) is 18.2. The van der Waals surface area contributed by atoms with Crippen LogP contribution < -0.4 is 0 Å². The standard InChI is InChI=1S/C32H39ClN2O2/c1-22-7-6-14-32(2)20-29-26(19-28(22)32)27(31(36)37-29)21-34-15-17-35(18-16-34)30(23-8-4-3-5-9-23)24-10-12-25(33)13-11-24/h3-5,8-13,26-27,29-30H,6-7,14-21H2,1-2H3/t26-,27-,29+,30+,32+/m0/s1. The summed E-state index contributed by atoms with van der Waals surface area (Å²) >= 11 is 6.20. The third-order valence-electron chi connectivity index (χ3n) is 9.71. The van der Waals surface area contributed by atoms with Crippen molar-refractivity contribution in [2.45, 2.75) is 58.1 Å². The van der Waals surface area contributed by atoms with E-state index in [-0.39, 0.29) is 29.4 Å². The van der Waals surface area contributed by atoms with Crippen molar-refractivity contribution in [2.24, 2.45) is 17.3 Å². The fourth-order valence-electron chi connectivity index (χ4n) is 7.70. The molecule has 5 heteroatoms. The zero-order valence-corrected chi connectivity index (χ0v) is 22.9. The Morgan fingerprint density at radius 2 is 1.73 bits per heavy atom. The summed E-state index contributed by atoms with van der Waals surface area (Å²) in [6, 6.07) is 19.3. The van der Waals surface area contributed by atoms with Gasteiger partial charge < -0.3 is 4.74 Å². The molecule has 196 valence electrons. The number of benzene rings is 2. The molecule has 2 aromatic rings. The molecule has 0 amide bonds. The van der Waals surface area contributed by atoms with Crippen molar-refractivity contribution in [1.29, 1.82) is 0 Å². The smallest absolute Gasteiger partial charge is 0.310 e. The van der Waals surface area contributed by atoms with Crippen LogP contribution in [0.25, 0.3) is 0 Å². The minimum atomic E-state index is 0.00418. The number of hydrogen-bond acceptors (Lipinski definition) is 4. The topological polar surface area (TPSA) is 32.8 Å². The van der Waals surface area contributed by atoms with E-state index < -0.39 is 0 Å². The molecule has 1 saturated carbocycles. The highest BCUT2D eigenvalue weighted by atomic mass is 35.5. The van der Waals surface area contributed by atoms with Gasteiger partial charge in [0, 0.05) is 43.7 Å². The molecule has 5 atom stereocenters. The highest BCUT2D eigenvalue weighted by Gasteiger charge is 2.53. The normalized spacial score (nSPS) is 31.5. The molecule has 0 N–H and O–H groups in total. The molecule has 2 heterocycles. The SMILES string of the molecule is CC1=C2C[C@H]3[C@H](CN4CCN([C@H](c5ccccc5)c5ccc(Cl)cc5)CC4)C(=O)O[C@@H]3C[C@@]2(C)CCC1. The van der Waals surface area contributed by atoms with Crippen molar-refractivity contribution < 1.29 is 9.53 Å². The van der Waals surface area contributed by atoms with Crippen LogP contribution in [-0.2, 0) is 9.53 Å². The minimum Gasteiger partial charge on any atom is -0.462 e. The maximum absolute atomic E-state index is 13.1. The number of ether oxygens (including phenoxy) is 1. The van der Waals surface area contributed by atoms with E-state index in [0.717, 1.165) is 50.6 Å². The lowest BCUT2D eigenvalue weighted by Gasteiger charge is -2.46. The van der Waals surface area contributed by atoms with Crippen LogP contribution in [-0.4, -0.2) is 54.6 Å². The summed E-state index contributed by atoms with van der Waals surface area (Å²) < 4.78 is 6.04. The molecule has 0 radical (unpaired) electrons. The number of carbonyl (C=O) groups excluding carboxylic acids is 1. The summed E-state index contributed by atoms with van der Waals surface area (Å²) in [7, 11) is 0. The fourth-order valence-corrected chi connectivity index (χ4v) is 7.82. The maximum Gasteiger partial charge on any atom is 0.310 e. The second-order valence-electron chi connectivity index (χ2n) is 12.0. The van der Waals surface area contributed by atoms with Gasteiger partial charge in [-0.15, -0.1) is 0 Å². The zero-order valence-electron chi connectivity index (χ0n) is 22.2. The first-order valence-corrected chi connectivity index (χ1v) is 14.5. The largest absolute Gasteiger partial charge is 0.462 e. The summed E-state index contributed by atoms with van der Waals surface area (Å²) in [5.41, 5.74) is 6.03. The van der Waals surface area contributed by atoms with E-state index in [9.17, 15) is 4.79 Å². The highest BCUT2D eigenvalue weighted by Crippen LogP contribution is 2.55. The number of allylic oxidation sites excluding steroid dienone is 2. The number of halogens is 1. The lowest BCUT2D eigenvalue weighted by atomic mass is 9.59. The molecular formula is C32H39ClN2O2. The van der Waals surface area contributed by atoms with Crippen LogP contribution >= 0.6 is 11.6 Å². The molecule has 2 saturated heterocycles. The van der Waals surface area contributed by atoms with Gasteiger partial charge in [0.15, 0.2) is 0 Å². The van der Waals surface area contributed by atoms with Crippen LogP contribution in [0.5, 0.6) is 0 Å². The molecule has 3 fully saturated rings. The van der Waals surface area contributed by atoms with Crippen LogP contribution in [0, 0.1) is 17.3 Å². The Hall–Kier alpha value is -2.14. The minimum absolute atomic E-state index is 0.00418. The van der Waals surface area contributed by atoms with E-state index in [0.29, 0.717) is 5.92 Å².